The zero-order chi connectivity index (χ0) is 13.2. The highest BCUT2D eigenvalue weighted by Gasteiger charge is 2.11. The van der Waals surface area contributed by atoms with E-state index in [1.807, 2.05) is 13.1 Å². The molecule has 0 amide bonds. The predicted octanol–water partition coefficient (Wildman–Crippen LogP) is 1.75. The molecule has 0 radical (unpaired) electrons. The van der Waals surface area contributed by atoms with Crippen molar-refractivity contribution in [2.45, 2.75) is 32.7 Å². The van der Waals surface area contributed by atoms with Crippen LogP contribution in [0, 0.1) is 0 Å². The largest absolute Gasteiger partial charge is 0.382 e. The number of imidazole rings is 1. The molecule has 0 aliphatic carbocycles. The molecule has 6 heteroatoms. The molecule has 0 aromatic carbocycles. The lowest BCUT2D eigenvalue weighted by Gasteiger charge is -2.17. The third kappa shape index (κ3) is 5.46. The molecule has 5 nitrogen and oxygen atoms in total. The van der Waals surface area contributed by atoms with Gasteiger partial charge in [-0.1, -0.05) is 6.92 Å². The Morgan fingerprint density at radius 3 is 3.00 bits per heavy atom. The molecule has 0 fully saturated rings. The van der Waals surface area contributed by atoms with E-state index in [4.69, 9.17) is 17.0 Å². The number of hydrogen-bond donors (Lipinski definition) is 3. The summed E-state index contributed by atoms with van der Waals surface area (Å²) in [5.41, 5.74) is 0. The number of aromatic nitrogens is 2. The van der Waals surface area contributed by atoms with Gasteiger partial charge in [-0.05, 0) is 32.0 Å². The highest BCUT2D eigenvalue weighted by atomic mass is 32.1. The molecule has 1 aromatic rings. The third-order valence-corrected chi connectivity index (χ3v) is 2.78. The number of nitrogens with zero attached hydrogens (tertiary/aromatic N) is 1. The van der Waals surface area contributed by atoms with Gasteiger partial charge >= 0.3 is 0 Å². The van der Waals surface area contributed by atoms with Gasteiger partial charge in [0, 0.05) is 32.2 Å². The van der Waals surface area contributed by atoms with Crippen LogP contribution in [-0.4, -0.2) is 34.8 Å². The van der Waals surface area contributed by atoms with Crippen LogP contribution in [0.15, 0.2) is 12.4 Å². The van der Waals surface area contributed by atoms with Gasteiger partial charge in [-0.15, -0.1) is 0 Å². The minimum atomic E-state index is 0.131. The molecule has 3 N–H and O–H groups in total. The second-order valence-corrected chi connectivity index (χ2v) is 4.29. The Labute approximate surface area is 114 Å². The lowest BCUT2D eigenvalue weighted by Crippen LogP contribution is -2.38. The Kier molecular flexibility index (Phi) is 7.36. The normalized spacial score (nSPS) is 12.1. The van der Waals surface area contributed by atoms with Crippen LogP contribution in [-0.2, 0) is 4.74 Å². The van der Waals surface area contributed by atoms with Gasteiger partial charge in [0.2, 0.25) is 0 Å². The summed E-state index contributed by atoms with van der Waals surface area (Å²) in [7, 11) is 0. The van der Waals surface area contributed by atoms with Gasteiger partial charge in [0.1, 0.15) is 5.82 Å². The van der Waals surface area contributed by atoms with Crippen molar-refractivity contribution >= 4 is 17.3 Å². The molecule has 0 saturated carbocycles. The summed E-state index contributed by atoms with van der Waals surface area (Å²) in [6.07, 6.45) is 5.44. The van der Waals surface area contributed by atoms with Crippen molar-refractivity contribution in [2.24, 2.45) is 0 Å². The topological polar surface area (TPSA) is 62.0 Å². The van der Waals surface area contributed by atoms with E-state index in [0.29, 0.717) is 5.11 Å². The first-order valence-corrected chi connectivity index (χ1v) is 6.80. The smallest absolute Gasteiger partial charge is 0.166 e. The first-order valence-electron chi connectivity index (χ1n) is 6.39. The van der Waals surface area contributed by atoms with Crippen LogP contribution in [0.4, 0.5) is 0 Å². The van der Waals surface area contributed by atoms with Crippen LogP contribution < -0.4 is 10.6 Å². The maximum Gasteiger partial charge on any atom is 0.166 e. The molecule has 1 rings (SSSR count). The van der Waals surface area contributed by atoms with Crippen LogP contribution in [0.25, 0.3) is 0 Å². The minimum Gasteiger partial charge on any atom is -0.382 e. The average Bonchev–Trinajstić information content (AvgIpc) is 2.89. The summed E-state index contributed by atoms with van der Waals surface area (Å²) < 4.78 is 5.26. The number of hydrogen-bond acceptors (Lipinski definition) is 3. The minimum absolute atomic E-state index is 0.131. The van der Waals surface area contributed by atoms with Crippen molar-refractivity contribution < 1.29 is 4.74 Å². The van der Waals surface area contributed by atoms with E-state index < -0.39 is 0 Å². The Morgan fingerprint density at radius 1 is 1.56 bits per heavy atom. The Morgan fingerprint density at radius 2 is 2.39 bits per heavy atom. The number of H-pyrrole nitrogens is 1. The highest BCUT2D eigenvalue weighted by Crippen LogP contribution is 2.10. The summed E-state index contributed by atoms with van der Waals surface area (Å²) in [5.74, 6) is 0.913. The summed E-state index contributed by atoms with van der Waals surface area (Å²) in [4.78, 5) is 7.33. The van der Waals surface area contributed by atoms with E-state index >= 15 is 0 Å². The van der Waals surface area contributed by atoms with Crippen LogP contribution in [0.5, 0.6) is 0 Å². The molecule has 1 aromatic heterocycles. The van der Waals surface area contributed by atoms with E-state index in [0.717, 1.165) is 38.4 Å². The molecular formula is C12H22N4OS. The third-order valence-electron chi connectivity index (χ3n) is 2.52. The van der Waals surface area contributed by atoms with Crippen molar-refractivity contribution in [1.29, 1.82) is 0 Å². The van der Waals surface area contributed by atoms with Crippen LogP contribution in [0.3, 0.4) is 0 Å². The van der Waals surface area contributed by atoms with E-state index in [9.17, 15) is 0 Å². The van der Waals surface area contributed by atoms with Gasteiger partial charge in [0.25, 0.3) is 0 Å². The summed E-state index contributed by atoms with van der Waals surface area (Å²) in [6.45, 7) is 6.44. The fourth-order valence-corrected chi connectivity index (χ4v) is 1.81. The number of aromatic amines is 1. The zero-order valence-electron chi connectivity index (χ0n) is 11.0. The molecule has 102 valence electrons. The zero-order valence-corrected chi connectivity index (χ0v) is 11.8. The van der Waals surface area contributed by atoms with Gasteiger partial charge in [-0.2, -0.15) is 0 Å². The molecule has 1 unspecified atom stereocenters. The van der Waals surface area contributed by atoms with Crippen LogP contribution in [0.2, 0.25) is 0 Å². The maximum absolute atomic E-state index is 5.26. The Hall–Kier alpha value is -1.14. The number of nitrogens with one attached hydrogen (secondary N) is 3. The van der Waals surface area contributed by atoms with E-state index in [1.54, 1.807) is 6.20 Å². The first-order chi connectivity index (χ1) is 8.77. The molecule has 0 spiro atoms. The molecule has 0 aliphatic rings. The molecule has 1 atom stereocenters. The van der Waals surface area contributed by atoms with Crippen LogP contribution >= 0.6 is 12.2 Å². The van der Waals surface area contributed by atoms with Gasteiger partial charge < -0.3 is 20.4 Å². The fourth-order valence-electron chi connectivity index (χ4n) is 1.56. The molecule has 18 heavy (non-hydrogen) atoms. The molecule has 0 aliphatic heterocycles. The second-order valence-electron chi connectivity index (χ2n) is 3.89. The standard InChI is InChI=1S/C12H22N4OS/c1-3-10(11-13-7-8-14-11)16-12(18)15-6-5-9-17-4-2/h7-8,10H,3-6,9H2,1-2H3,(H,13,14)(H2,15,16,18). The summed E-state index contributed by atoms with van der Waals surface area (Å²) >= 11 is 5.24. The Balaban J connectivity index is 2.22. The number of rotatable bonds is 8. The molecule has 0 bridgehead atoms. The van der Waals surface area contributed by atoms with Crippen molar-refractivity contribution in [3.8, 4) is 0 Å². The SMILES string of the molecule is CCOCCCNC(=S)NC(CC)c1ncc[nH]1. The lowest BCUT2D eigenvalue weighted by molar-refractivity contribution is 0.145. The summed E-state index contributed by atoms with van der Waals surface area (Å²) in [6, 6.07) is 0.131. The lowest BCUT2D eigenvalue weighted by atomic mass is 10.2. The van der Waals surface area contributed by atoms with Crippen molar-refractivity contribution in [3.63, 3.8) is 0 Å². The van der Waals surface area contributed by atoms with Crippen molar-refractivity contribution in [1.82, 2.24) is 20.6 Å². The van der Waals surface area contributed by atoms with E-state index in [-0.39, 0.29) is 6.04 Å². The first kappa shape index (κ1) is 14.9. The second kappa shape index (κ2) is 8.88. The molecule has 0 saturated heterocycles. The van der Waals surface area contributed by atoms with Crippen LogP contribution in [0.1, 0.15) is 38.6 Å². The van der Waals surface area contributed by atoms with Gasteiger partial charge in [0.15, 0.2) is 5.11 Å². The number of thiocarbonyl (C=S) groups is 1. The molecule has 1 heterocycles. The Bertz CT molecular complexity index is 329. The van der Waals surface area contributed by atoms with Crippen molar-refractivity contribution in [3.05, 3.63) is 18.2 Å². The molecular weight excluding hydrogens is 248 g/mol. The summed E-state index contributed by atoms with van der Waals surface area (Å²) in [5, 5.41) is 7.07. The predicted molar refractivity (Wildman–Crippen MR) is 76.5 cm³/mol. The van der Waals surface area contributed by atoms with Crippen molar-refractivity contribution in [2.75, 3.05) is 19.8 Å². The van der Waals surface area contributed by atoms with E-state index in [1.165, 1.54) is 0 Å². The maximum atomic E-state index is 5.26. The van der Waals surface area contributed by atoms with Gasteiger partial charge in [0.05, 0.1) is 6.04 Å². The number of ether oxygens (including phenoxy) is 1. The average molecular weight is 270 g/mol. The highest BCUT2D eigenvalue weighted by molar-refractivity contribution is 7.80. The monoisotopic (exact) mass is 270 g/mol. The van der Waals surface area contributed by atoms with Gasteiger partial charge in [-0.25, -0.2) is 4.98 Å². The van der Waals surface area contributed by atoms with Gasteiger partial charge in [-0.3, -0.25) is 0 Å². The quantitative estimate of drug-likeness (QED) is 0.496. The fraction of sp³-hybridized carbons (Fsp3) is 0.667. The van der Waals surface area contributed by atoms with E-state index in [2.05, 4.69) is 27.5 Å².